The average molecular weight is 313 g/mol. The smallest absolute Gasteiger partial charge is 0.270 e. The highest BCUT2D eigenvalue weighted by atomic mass is 19.3. The number of hydrogen-bond acceptors (Lipinski definition) is 3. The first kappa shape index (κ1) is 15.3. The molecule has 0 N–H and O–H groups in total. The zero-order chi connectivity index (χ0) is 16.4. The molecule has 0 radical (unpaired) electrons. The molecule has 0 saturated carbocycles. The fourth-order valence-electron chi connectivity index (χ4n) is 2.51. The van der Waals surface area contributed by atoms with Crippen LogP contribution in [-0.4, -0.2) is 17.7 Å². The summed E-state index contributed by atoms with van der Waals surface area (Å²) in [6, 6.07) is 9.96. The molecule has 0 spiro atoms. The fourth-order valence-corrected chi connectivity index (χ4v) is 2.51. The summed E-state index contributed by atoms with van der Waals surface area (Å²) < 4.78 is 27.1. The van der Waals surface area contributed by atoms with Crippen LogP contribution in [0.2, 0.25) is 0 Å². The van der Waals surface area contributed by atoms with Crippen LogP contribution in [0.1, 0.15) is 18.9 Å². The van der Waals surface area contributed by atoms with E-state index < -0.39 is 5.92 Å². The summed E-state index contributed by atoms with van der Waals surface area (Å²) in [5.41, 5.74) is 2.02. The van der Waals surface area contributed by atoms with Crippen molar-refractivity contribution in [1.29, 1.82) is 0 Å². The third-order valence-electron chi connectivity index (χ3n) is 3.74. The van der Waals surface area contributed by atoms with Crippen LogP contribution in [0.4, 0.5) is 20.3 Å². The molecule has 0 atom stereocenters. The molecular formula is C18H17F2N3. The molecule has 0 saturated heterocycles. The molecule has 3 nitrogen and oxygen atoms in total. The number of aromatic nitrogens is 1. The highest BCUT2D eigenvalue weighted by Gasteiger charge is 2.24. The molecule has 1 aromatic heterocycles. The van der Waals surface area contributed by atoms with Gasteiger partial charge in [0.2, 0.25) is 0 Å². The highest BCUT2D eigenvalue weighted by molar-refractivity contribution is 5.77. The summed E-state index contributed by atoms with van der Waals surface area (Å²) in [5.74, 6) is -2.18. The summed E-state index contributed by atoms with van der Waals surface area (Å²) in [6.45, 7) is 5.44. The summed E-state index contributed by atoms with van der Waals surface area (Å²) in [5, 5.41) is 0. The Morgan fingerprint density at radius 1 is 1.26 bits per heavy atom. The number of nitrogens with zero attached hydrogens (tertiary/aromatic N) is 3. The maximum atomic E-state index is 13.5. The predicted molar refractivity (Wildman–Crippen MR) is 89.6 cm³/mol. The van der Waals surface area contributed by atoms with Gasteiger partial charge in [0.25, 0.3) is 5.92 Å². The van der Waals surface area contributed by atoms with Crippen molar-refractivity contribution < 1.29 is 8.78 Å². The van der Waals surface area contributed by atoms with Gasteiger partial charge in [-0.2, -0.15) is 0 Å². The van der Waals surface area contributed by atoms with Crippen molar-refractivity contribution in [2.45, 2.75) is 19.3 Å². The quantitative estimate of drug-likeness (QED) is 0.805. The summed E-state index contributed by atoms with van der Waals surface area (Å²) in [7, 11) is 0. The molecule has 23 heavy (non-hydrogen) atoms. The Bertz CT molecular complexity index is 763. The Balaban J connectivity index is 2.07. The molecule has 5 heteroatoms. The third-order valence-corrected chi connectivity index (χ3v) is 3.74. The first-order chi connectivity index (χ1) is 11.0. The molecule has 3 rings (SSSR count). The van der Waals surface area contributed by atoms with E-state index in [-0.39, 0.29) is 5.56 Å². The van der Waals surface area contributed by atoms with Crippen LogP contribution in [0.25, 0.3) is 11.3 Å². The Morgan fingerprint density at radius 3 is 2.83 bits per heavy atom. The number of alkyl halides is 2. The number of halogens is 2. The van der Waals surface area contributed by atoms with E-state index >= 15 is 0 Å². The number of hydrogen-bond donors (Lipinski definition) is 0. The first-order valence-corrected chi connectivity index (χ1v) is 7.40. The predicted octanol–water partition coefficient (Wildman–Crippen LogP) is 4.92. The second-order valence-corrected chi connectivity index (χ2v) is 5.48. The number of fused-ring (bicyclic) bond motifs is 1. The van der Waals surface area contributed by atoms with Crippen LogP contribution in [-0.2, 0) is 5.92 Å². The number of benzene rings is 1. The molecular weight excluding hydrogens is 296 g/mol. The lowest BCUT2D eigenvalue weighted by Crippen LogP contribution is -2.17. The van der Waals surface area contributed by atoms with Gasteiger partial charge in [0, 0.05) is 37.2 Å². The van der Waals surface area contributed by atoms with Crippen LogP contribution >= 0.6 is 0 Å². The largest absolute Gasteiger partial charge is 0.331 e. The number of pyridine rings is 1. The van der Waals surface area contributed by atoms with Crippen molar-refractivity contribution in [3.05, 3.63) is 54.7 Å². The van der Waals surface area contributed by atoms with E-state index in [1.54, 1.807) is 24.4 Å². The zero-order valence-corrected chi connectivity index (χ0v) is 12.8. The number of aliphatic imine (C=N–C) groups is 1. The average Bonchev–Trinajstić information content (AvgIpc) is 2.75. The van der Waals surface area contributed by atoms with E-state index in [9.17, 15) is 8.78 Å². The highest BCUT2D eigenvalue weighted by Crippen LogP contribution is 2.34. The van der Waals surface area contributed by atoms with E-state index in [0.29, 0.717) is 17.1 Å². The lowest BCUT2D eigenvalue weighted by atomic mass is 10.0. The van der Waals surface area contributed by atoms with Gasteiger partial charge in [0.1, 0.15) is 5.69 Å². The molecule has 1 aliphatic heterocycles. The zero-order valence-electron chi connectivity index (χ0n) is 12.8. The molecule has 0 bridgehead atoms. The van der Waals surface area contributed by atoms with Gasteiger partial charge >= 0.3 is 0 Å². The maximum Gasteiger partial charge on any atom is 0.270 e. The summed E-state index contributed by atoms with van der Waals surface area (Å²) >= 11 is 0. The van der Waals surface area contributed by atoms with Crippen molar-refractivity contribution in [3.8, 4) is 11.3 Å². The van der Waals surface area contributed by atoms with Gasteiger partial charge in [-0.15, -0.1) is 0 Å². The van der Waals surface area contributed by atoms with Crippen LogP contribution < -0.4 is 4.90 Å². The van der Waals surface area contributed by atoms with Crippen LogP contribution in [0.5, 0.6) is 0 Å². The van der Waals surface area contributed by atoms with Gasteiger partial charge in [0.05, 0.1) is 5.69 Å². The van der Waals surface area contributed by atoms with Crippen molar-refractivity contribution in [2.75, 3.05) is 11.4 Å². The Labute approximate surface area is 134 Å². The molecule has 2 aromatic rings. The van der Waals surface area contributed by atoms with Crippen LogP contribution in [0.15, 0.2) is 54.2 Å². The normalized spacial score (nSPS) is 14.3. The second kappa shape index (κ2) is 5.91. The Hall–Kier alpha value is -2.56. The minimum atomic E-state index is -2.88. The van der Waals surface area contributed by atoms with Crippen LogP contribution in [0, 0.1) is 0 Å². The maximum absolute atomic E-state index is 13.5. The molecule has 0 fully saturated rings. The van der Waals surface area contributed by atoms with Crippen molar-refractivity contribution >= 4 is 17.7 Å². The minimum absolute atomic E-state index is 0.0228. The standard InChI is InChI=1S/C18H17F2N3/c1-3-23-11-5-10-21-16-9-8-15(22-17(16)23)13-6-4-7-14(12-13)18(2,19)20/h3-4,6-10,12H,1,5,11H2,2H3. The first-order valence-electron chi connectivity index (χ1n) is 7.40. The SMILES string of the molecule is C=CN1CCC=Nc2ccc(-c3cccc(C(C)(F)F)c3)nc21. The Kier molecular flexibility index (Phi) is 3.94. The van der Waals surface area contributed by atoms with Gasteiger partial charge in [-0.1, -0.05) is 24.8 Å². The van der Waals surface area contributed by atoms with Crippen LogP contribution in [0.3, 0.4) is 0 Å². The fraction of sp³-hybridized carbons (Fsp3) is 0.222. The van der Waals surface area contributed by atoms with Crippen molar-refractivity contribution in [3.63, 3.8) is 0 Å². The van der Waals surface area contributed by atoms with E-state index in [0.717, 1.165) is 25.6 Å². The number of rotatable bonds is 3. The lowest BCUT2D eigenvalue weighted by Gasteiger charge is -2.19. The van der Waals surface area contributed by atoms with E-state index in [1.165, 1.54) is 12.1 Å². The van der Waals surface area contributed by atoms with E-state index in [2.05, 4.69) is 16.6 Å². The van der Waals surface area contributed by atoms with Gasteiger partial charge in [-0.05, 0) is 24.4 Å². The number of anilines is 1. The monoisotopic (exact) mass is 313 g/mol. The van der Waals surface area contributed by atoms with Gasteiger partial charge < -0.3 is 4.90 Å². The molecule has 0 aliphatic carbocycles. The van der Waals surface area contributed by atoms with E-state index in [4.69, 9.17) is 0 Å². The molecule has 0 unspecified atom stereocenters. The molecule has 118 valence electrons. The minimum Gasteiger partial charge on any atom is -0.331 e. The van der Waals surface area contributed by atoms with Gasteiger partial charge in [0.15, 0.2) is 5.82 Å². The summed E-state index contributed by atoms with van der Waals surface area (Å²) in [6.07, 6.45) is 4.36. The second-order valence-electron chi connectivity index (χ2n) is 5.48. The Morgan fingerprint density at radius 2 is 2.09 bits per heavy atom. The molecule has 1 aromatic carbocycles. The van der Waals surface area contributed by atoms with Crippen molar-refractivity contribution in [1.82, 2.24) is 4.98 Å². The molecule has 0 amide bonds. The van der Waals surface area contributed by atoms with Gasteiger partial charge in [-0.3, -0.25) is 4.99 Å². The molecule has 1 aliphatic rings. The van der Waals surface area contributed by atoms with Crippen molar-refractivity contribution in [2.24, 2.45) is 4.99 Å². The van der Waals surface area contributed by atoms with Gasteiger partial charge in [-0.25, -0.2) is 13.8 Å². The molecule has 2 heterocycles. The third kappa shape index (κ3) is 3.13. The summed E-state index contributed by atoms with van der Waals surface area (Å²) in [4.78, 5) is 10.9. The van der Waals surface area contributed by atoms with E-state index in [1.807, 2.05) is 17.2 Å². The topological polar surface area (TPSA) is 28.5 Å². The lowest BCUT2D eigenvalue weighted by molar-refractivity contribution is 0.0175.